The first kappa shape index (κ1) is 16.3. The Morgan fingerprint density at radius 1 is 1.27 bits per heavy atom. The van der Waals surface area contributed by atoms with Gasteiger partial charge in [-0.2, -0.15) is 0 Å². The fourth-order valence-electron chi connectivity index (χ4n) is 1.96. The van der Waals surface area contributed by atoms with Crippen LogP contribution in [0.3, 0.4) is 0 Å². The third-order valence-electron chi connectivity index (χ3n) is 2.94. The van der Waals surface area contributed by atoms with Gasteiger partial charge in [0.1, 0.15) is 11.4 Å². The van der Waals surface area contributed by atoms with Crippen LogP contribution in [0.15, 0.2) is 24.3 Å². The maximum Gasteiger partial charge on any atom is 0.352 e. The highest BCUT2D eigenvalue weighted by molar-refractivity contribution is 5.94. The Bertz CT molecular complexity index is 624. The lowest BCUT2D eigenvalue weighted by atomic mass is 10.2. The first-order valence-electron chi connectivity index (χ1n) is 6.93. The van der Waals surface area contributed by atoms with Crippen molar-refractivity contribution in [2.24, 2.45) is 0 Å². The number of benzene rings is 1. The third kappa shape index (κ3) is 4.45. The molecule has 2 rings (SSSR count). The van der Waals surface area contributed by atoms with Gasteiger partial charge in [-0.3, -0.25) is 0 Å². The quantitative estimate of drug-likeness (QED) is 0.480. The minimum atomic E-state index is -1.00. The molecular weight excluding hydrogens is 290 g/mol. The number of hydrogen-bond donors (Lipinski definition) is 3. The molecule has 0 aliphatic heterocycles. The van der Waals surface area contributed by atoms with Gasteiger partial charge in [0.2, 0.25) is 0 Å². The minimum Gasteiger partial charge on any atom is -0.477 e. The fraction of sp³-hybridized carbons (Fsp3) is 0.400. The maximum absolute atomic E-state index is 10.9. The lowest BCUT2D eigenvalue weighted by Gasteiger charge is -2.15. The number of aromatic carboxylic acids is 1. The molecule has 22 heavy (non-hydrogen) atoms. The third-order valence-corrected chi connectivity index (χ3v) is 2.94. The summed E-state index contributed by atoms with van der Waals surface area (Å²) in [6.07, 6.45) is -0.468. The minimum absolute atomic E-state index is 0.0133. The smallest absolute Gasteiger partial charge is 0.352 e. The number of aliphatic hydroxyl groups excluding tert-OH is 1. The number of carboxylic acid groups (broad SMARTS) is 1. The van der Waals surface area contributed by atoms with Crippen LogP contribution in [-0.4, -0.2) is 53.9 Å². The normalized spacial score (nSPS) is 12.5. The zero-order valence-electron chi connectivity index (χ0n) is 12.2. The van der Waals surface area contributed by atoms with Gasteiger partial charge in [-0.1, -0.05) is 0 Å². The van der Waals surface area contributed by atoms with Gasteiger partial charge in [0.25, 0.3) is 0 Å². The molecule has 0 aliphatic rings. The number of carboxylic acids is 1. The van der Waals surface area contributed by atoms with Crippen LogP contribution in [0.4, 0.5) is 0 Å². The molecule has 1 aromatic heterocycles. The highest BCUT2D eigenvalue weighted by Gasteiger charge is 2.09. The zero-order chi connectivity index (χ0) is 15.9. The van der Waals surface area contributed by atoms with Crippen molar-refractivity contribution in [2.45, 2.75) is 13.2 Å². The average Bonchev–Trinajstić information content (AvgIpc) is 2.90. The number of ether oxygens (including phenoxy) is 3. The molecule has 0 aliphatic carbocycles. The van der Waals surface area contributed by atoms with Crippen LogP contribution in [-0.2, 0) is 9.47 Å². The number of fused-ring (bicyclic) bond motifs is 1. The Labute approximate surface area is 127 Å². The molecule has 1 heterocycles. The summed E-state index contributed by atoms with van der Waals surface area (Å²) in [5, 5.41) is 18.3. The van der Waals surface area contributed by atoms with Gasteiger partial charge in [-0.15, -0.1) is 0 Å². The summed E-state index contributed by atoms with van der Waals surface area (Å²) >= 11 is 0. The van der Waals surface area contributed by atoms with E-state index in [9.17, 15) is 4.79 Å². The maximum atomic E-state index is 10.9. The molecule has 0 bridgehead atoms. The van der Waals surface area contributed by atoms with E-state index in [2.05, 4.69) is 4.98 Å². The van der Waals surface area contributed by atoms with Gasteiger partial charge < -0.3 is 29.4 Å². The van der Waals surface area contributed by atoms with Gasteiger partial charge in [0.15, 0.2) is 6.29 Å². The number of carbonyl (C=O) groups is 1. The van der Waals surface area contributed by atoms with Crippen molar-refractivity contribution in [3.05, 3.63) is 30.0 Å². The molecule has 7 nitrogen and oxygen atoms in total. The van der Waals surface area contributed by atoms with Crippen LogP contribution in [0, 0.1) is 0 Å². The topological polar surface area (TPSA) is 101 Å². The van der Waals surface area contributed by atoms with Gasteiger partial charge in [0, 0.05) is 17.0 Å². The summed E-state index contributed by atoms with van der Waals surface area (Å²) in [6.45, 7) is 2.77. The Balaban J connectivity index is 1.89. The van der Waals surface area contributed by atoms with Crippen LogP contribution in [0.1, 0.15) is 17.4 Å². The van der Waals surface area contributed by atoms with Crippen LogP contribution < -0.4 is 4.74 Å². The molecule has 1 unspecified atom stereocenters. The number of aromatic amines is 1. The standard InChI is InChI=1S/C15H19NO6/c1-10(21-7-6-20-5-4-17)22-12-3-2-11-8-14(15(18)19)16-13(11)9-12/h2-3,8-10,16-17H,4-7H2,1H3,(H,18,19). The van der Waals surface area contributed by atoms with E-state index < -0.39 is 12.3 Å². The van der Waals surface area contributed by atoms with Crippen molar-refractivity contribution < 1.29 is 29.2 Å². The van der Waals surface area contributed by atoms with Crippen LogP contribution in [0.25, 0.3) is 10.9 Å². The summed E-state index contributed by atoms with van der Waals surface area (Å²) in [6, 6.07) is 6.83. The van der Waals surface area contributed by atoms with Crippen molar-refractivity contribution in [3.8, 4) is 5.75 Å². The van der Waals surface area contributed by atoms with E-state index in [1.807, 2.05) is 0 Å². The molecule has 0 saturated carbocycles. The Morgan fingerprint density at radius 2 is 2.09 bits per heavy atom. The lowest BCUT2D eigenvalue weighted by molar-refractivity contribution is -0.0846. The van der Waals surface area contributed by atoms with E-state index >= 15 is 0 Å². The van der Waals surface area contributed by atoms with Crippen LogP contribution in [0.5, 0.6) is 5.75 Å². The zero-order valence-corrected chi connectivity index (χ0v) is 12.2. The largest absolute Gasteiger partial charge is 0.477 e. The van der Waals surface area contributed by atoms with E-state index in [0.29, 0.717) is 24.5 Å². The Morgan fingerprint density at radius 3 is 2.82 bits per heavy atom. The van der Waals surface area contributed by atoms with Gasteiger partial charge >= 0.3 is 5.97 Å². The molecule has 0 spiro atoms. The molecule has 0 amide bonds. The van der Waals surface area contributed by atoms with Crippen LogP contribution in [0.2, 0.25) is 0 Å². The molecule has 2 aromatic rings. The predicted octanol–water partition coefficient (Wildman–Crippen LogP) is 1.62. The monoisotopic (exact) mass is 309 g/mol. The number of H-pyrrole nitrogens is 1. The first-order chi connectivity index (χ1) is 10.6. The van der Waals surface area contributed by atoms with Crippen molar-refractivity contribution >= 4 is 16.9 Å². The molecule has 3 N–H and O–H groups in total. The van der Waals surface area contributed by atoms with Crippen molar-refractivity contribution in [3.63, 3.8) is 0 Å². The average molecular weight is 309 g/mol. The summed E-state index contributed by atoms with van der Waals surface area (Å²) in [5.41, 5.74) is 0.825. The van der Waals surface area contributed by atoms with Gasteiger partial charge in [-0.25, -0.2) is 4.79 Å². The number of aromatic nitrogens is 1. The van der Waals surface area contributed by atoms with E-state index in [-0.39, 0.29) is 18.9 Å². The van der Waals surface area contributed by atoms with Gasteiger partial charge in [0.05, 0.1) is 26.4 Å². The van der Waals surface area contributed by atoms with E-state index in [1.54, 1.807) is 31.2 Å². The molecule has 0 saturated heterocycles. The second-order valence-electron chi connectivity index (χ2n) is 4.63. The molecular formula is C15H19NO6. The number of rotatable bonds is 9. The summed E-state index contributed by atoms with van der Waals surface area (Å²) < 4.78 is 16.1. The lowest BCUT2D eigenvalue weighted by Crippen LogP contribution is -2.19. The second-order valence-corrected chi connectivity index (χ2v) is 4.63. The summed E-state index contributed by atoms with van der Waals surface area (Å²) in [7, 11) is 0. The molecule has 1 atom stereocenters. The van der Waals surface area contributed by atoms with Crippen molar-refractivity contribution in [1.82, 2.24) is 4.98 Å². The highest BCUT2D eigenvalue weighted by Crippen LogP contribution is 2.22. The Kier molecular flexibility index (Phi) is 5.76. The molecule has 0 radical (unpaired) electrons. The molecule has 0 fully saturated rings. The van der Waals surface area contributed by atoms with Gasteiger partial charge in [-0.05, 0) is 25.1 Å². The first-order valence-corrected chi connectivity index (χ1v) is 6.93. The molecule has 120 valence electrons. The van der Waals surface area contributed by atoms with Crippen molar-refractivity contribution in [2.75, 3.05) is 26.4 Å². The fourth-order valence-corrected chi connectivity index (χ4v) is 1.96. The second kappa shape index (κ2) is 7.79. The molecule has 7 heteroatoms. The molecule has 1 aromatic carbocycles. The predicted molar refractivity (Wildman–Crippen MR) is 79.2 cm³/mol. The highest BCUT2D eigenvalue weighted by atomic mass is 16.7. The van der Waals surface area contributed by atoms with E-state index in [4.69, 9.17) is 24.4 Å². The summed E-state index contributed by atoms with van der Waals surface area (Å²) in [5.74, 6) is -0.423. The van der Waals surface area contributed by atoms with Crippen molar-refractivity contribution in [1.29, 1.82) is 0 Å². The SMILES string of the molecule is CC(OCCOCCO)Oc1ccc2cc(C(=O)O)[nH]c2c1. The Hall–Kier alpha value is -2.09. The summed E-state index contributed by atoms with van der Waals surface area (Å²) in [4.78, 5) is 13.7. The number of nitrogens with one attached hydrogen (secondary N) is 1. The number of hydrogen-bond acceptors (Lipinski definition) is 5. The van der Waals surface area contributed by atoms with E-state index in [1.165, 1.54) is 0 Å². The van der Waals surface area contributed by atoms with Crippen LogP contribution >= 0.6 is 0 Å². The van der Waals surface area contributed by atoms with E-state index in [0.717, 1.165) is 5.39 Å². The number of aliphatic hydroxyl groups is 1.